The van der Waals surface area contributed by atoms with E-state index in [1.54, 1.807) is 0 Å². The molecule has 0 aliphatic carbocycles. The maximum Gasteiger partial charge on any atom is 0.116 e. The summed E-state index contributed by atoms with van der Waals surface area (Å²) in [5.74, 6) is -1.05. The van der Waals surface area contributed by atoms with Gasteiger partial charge in [-0.2, -0.15) is 0 Å². The fourth-order valence-corrected chi connectivity index (χ4v) is 8.22. The van der Waals surface area contributed by atoms with Crippen molar-refractivity contribution >= 4 is 29.1 Å². The number of hydrogen-bond acceptors (Lipinski definition) is 2. The quantitative estimate of drug-likeness (QED) is 0.438. The van der Waals surface area contributed by atoms with Gasteiger partial charge in [0.2, 0.25) is 0 Å². The van der Waals surface area contributed by atoms with Crippen molar-refractivity contribution in [2.45, 2.75) is 12.6 Å². The fraction of sp³-hybridized carbons (Fsp3) is 0.0741. The molecule has 0 saturated heterocycles. The van der Waals surface area contributed by atoms with Gasteiger partial charge >= 0.3 is 0 Å². The van der Waals surface area contributed by atoms with Crippen molar-refractivity contribution in [2.24, 2.45) is 0 Å². The van der Waals surface area contributed by atoms with Crippen LogP contribution in [0.3, 0.4) is 0 Å². The first-order valence-electron chi connectivity index (χ1n) is 10.0. The molecule has 0 heterocycles. The maximum absolute atomic E-state index is 10.9. The number of carbonyl (C=O) groups is 1. The summed E-state index contributed by atoms with van der Waals surface area (Å²) in [6.07, 6.45) is 0.813. The molecule has 0 unspecified atom stereocenters. The summed E-state index contributed by atoms with van der Waals surface area (Å²) < 4.78 is 0. The van der Waals surface area contributed by atoms with E-state index in [4.69, 9.17) is 0 Å². The van der Waals surface area contributed by atoms with Gasteiger partial charge in [0.1, 0.15) is 23.2 Å². The summed E-state index contributed by atoms with van der Waals surface area (Å²) in [6, 6.07) is 40.2. The molecule has 0 N–H and O–H groups in total. The zero-order chi connectivity index (χ0) is 20.8. The summed E-state index contributed by atoms with van der Waals surface area (Å²) in [5, 5.41) is 14.9. The van der Waals surface area contributed by atoms with Gasteiger partial charge in [0.05, 0.1) is 6.16 Å². The van der Waals surface area contributed by atoms with Crippen LogP contribution in [-0.4, -0.2) is 5.97 Å². The fourth-order valence-electron chi connectivity index (χ4n) is 3.97. The minimum Gasteiger partial charge on any atom is -0.550 e. The van der Waals surface area contributed by atoms with Gasteiger partial charge in [-0.1, -0.05) is 78.9 Å². The Hall–Kier alpha value is -3.22. The highest BCUT2D eigenvalue weighted by Crippen LogP contribution is 2.58. The summed E-state index contributed by atoms with van der Waals surface area (Å²) in [7, 11) is -1.95. The Morgan fingerprint density at radius 2 is 0.933 bits per heavy atom. The summed E-state index contributed by atoms with van der Waals surface area (Å²) in [5.41, 5.74) is 1.96. The highest BCUT2D eigenvalue weighted by Gasteiger charge is 2.45. The van der Waals surface area contributed by atoms with Gasteiger partial charge in [0, 0.05) is 12.4 Å². The minimum atomic E-state index is -1.95. The van der Waals surface area contributed by atoms with Gasteiger partial charge in [0.15, 0.2) is 0 Å². The number of carbonyl (C=O) groups excluding carboxylic acids is 1. The Balaban J connectivity index is 1.88. The SMILES string of the molecule is O=C([O-])Cc1ccc(C[P+](c2ccccc2)(c2ccccc2)c2ccccc2)cc1. The number of hydrogen-bond donors (Lipinski definition) is 0. The average molecular weight is 410 g/mol. The first kappa shape index (κ1) is 20.1. The van der Waals surface area contributed by atoms with E-state index in [0.29, 0.717) is 0 Å². The summed E-state index contributed by atoms with van der Waals surface area (Å²) in [6.45, 7) is 0. The molecule has 0 fully saturated rings. The van der Waals surface area contributed by atoms with Crippen LogP contribution in [0.4, 0.5) is 0 Å². The Labute approximate surface area is 178 Å². The monoisotopic (exact) mass is 410 g/mol. The Morgan fingerprint density at radius 3 is 1.30 bits per heavy atom. The lowest BCUT2D eigenvalue weighted by molar-refractivity contribution is -0.304. The van der Waals surface area contributed by atoms with Gasteiger partial charge in [-0.25, -0.2) is 0 Å². The lowest BCUT2D eigenvalue weighted by Crippen LogP contribution is -2.32. The molecule has 0 aromatic heterocycles. The van der Waals surface area contributed by atoms with E-state index in [1.165, 1.54) is 21.5 Å². The molecule has 4 aromatic carbocycles. The predicted molar refractivity (Wildman–Crippen MR) is 124 cm³/mol. The number of benzene rings is 4. The zero-order valence-corrected chi connectivity index (χ0v) is 17.5. The molecule has 0 aliphatic rings. The number of aliphatic carboxylic acids is 1. The van der Waals surface area contributed by atoms with E-state index in [-0.39, 0.29) is 6.42 Å². The van der Waals surface area contributed by atoms with Crippen LogP contribution in [0.5, 0.6) is 0 Å². The van der Waals surface area contributed by atoms with Crippen molar-refractivity contribution in [2.75, 3.05) is 0 Å². The van der Waals surface area contributed by atoms with Crippen LogP contribution >= 0.6 is 7.26 Å². The first-order chi connectivity index (χ1) is 14.7. The summed E-state index contributed by atoms with van der Waals surface area (Å²) in [4.78, 5) is 10.9. The van der Waals surface area contributed by atoms with Crippen LogP contribution < -0.4 is 21.0 Å². The number of carboxylic acids is 1. The van der Waals surface area contributed by atoms with Crippen molar-refractivity contribution in [1.29, 1.82) is 0 Å². The lowest BCUT2D eigenvalue weighted by Gasteiger charge is -2.28. The molecule has 0 saturated carbocycles. The van der Waals surface area contributed by atoms with Gasteiger partial charge in [-0.15, -0.1) is 0 Å². The zero-order valence-electron chi connectivity index (χ0n) is 16.6. The third-order valence-corrected chi connectivity index (χ3v) is 9.76. The standard InChI is InChI=1S/C27H23O2P/c28-27(29)20-22-16-18-23(19-17-22)21-30(24-10-4-1-5-11-24,25-12-6-2-7-13-25)26-14-8-3-9-15-26/h1-19H,20-21H2. The van der Waals surface area contributed by atoms with Crippen LogP contribution in [0.2, 0.25) is 0 Å². The van der Waals surface area contributed by atoms with Crippen molar-refractivity contribution in [3.05, 3.63) is 126 Å². The molecule has 3 heteroatoms. The Kier molecular flexibility index (Phi) is 6.07. The van der Waals surface area contributed by atoms with Crippen LogP contribution in [-0.2, 0) is 17.4 Å². The van der Waals surface area contributed by atoms with Gasteiger partial charge in [-0.05, 0) is 47.5 Å². The molecule has 0 radical (unpaired) electrons. The Bertz CT molecular complexity index is 995. The molecule has 0 bridgehead atoms. The third-order valence-electron chi connectivity index (χ3n) is 5.38. The second kappa shape index (κ2) is 9.07. The molecule has 4 rings (SSSR count). The van der Waals surface area contributed by atoms with Crippen molar-refractivity contribution in [3.8, 4) is 0 Å². The van der Waals surface area contributed by atoms with E-state index < -0.39 is 13.2 Å². The molecular formula is C27H23O2P. The second-order valence-electron chi connectivity index (χ2n) is 7.34. The van der Waals surface area contributed by atoms with Crippen molar-refractivity contribution < 1.29 is 9.90 Å². The van der Waals surface area contributed by atoms with Crippen LogP contribution in [0.1, 0.15) is 11.1 Å². The highest BCUT2D eigenvalue weighted by atomic mass is 31.2. The molecule has 0 spiro atoms. The Morgan fingerprint density at radius 1 is 0.567 bits per heavy atom. The van der Waals surface area contributed by atoms with Gasteiger partial charge < -0.3 is 9.90 Å². The molecule has 0 amide bonds. The number of carboxylic acid groups (broad SMARTS) is 1. The molecule has 148 valence electrons. The highest BCUT2D eigenvalue weighted by molar-refractivity contribution is 7.95. The maximum atomic E-state index is 10.9. The van der Waals surface area contributed by atoms with Gasteiger partial charge in [0.25, 0.3) is 0 Å². The molecule has 0 aliphatic heterocycles. The van der Waals surface area contributed by atoms with E-state index in [0.717, 1.165) is 11.7 Å². The van der Waals surface area contributed by atoms with Crippen molar-refractivity contribution in [3.63, 3.8) is 0 Å². The van der Waals surface area contributed by atoms with Crippen LogP contribution in [0.15, 0.2) is 115 Å². The lowest BCUT2D eigenvalue weighted by atomic mass is 10.1. The smallest absolute Gasteiger partial charge is 0.116 e. The predicted octanol–water partition coefficient (Wildman–Crippen LogP) is 3.47. The van der Waals surface area contributed by atoms with Crippen LogP contribution in [0.25, 0.3) is 0 Å². The van der Waals surface area contributed by atoms with Gasteiger partial charge in [-0.3, -0.25) is 0 Å². The van der Waals surface area contributed by atoms with E-state index in [9.17, 15) is 9.90 Å². The van der Waals surface area contributed by atoms with Crippen molar-refractivity contribution in [1.82, 2.24) is 0 Å². The largest absolute Gasteiger partial charge is 0.550 e. The van der Waals surface area contributed by atoms with E-state index in [2.05, 4.69) is 103 Å². The molecule has 0 atom stereocenters. The summed E-state index contributed by atoms with van der Waals surface area (Å²) >= 11 is 0. The normalized spacial score (nSPS) is 11.2. The molecular weight excluding hydrogens is 387 g/mol. The number of rotatable bonds is 7. The molecule has 2 nitrogen and oxygen atoms in total. The van der Waals surface area contributed by atoms with E-state index in [1.807, 2.05) is 12.1 Å². The molecule has 30 heavy (non-hydrogen) atoms. The third kappa shape index (κ3) is 4.20. The second-order valence-corrected chi connectivity index (χ2v) is 10.8. The van der Waals surface area contributed by atoms with E-state index >= 15 is 0 Å². The average Bonchev–Trinajstić information content (AvgIpc) is 2.80. The van der Waals surface area contributed by atoms with Crippen LogP contribution in [0, 0.1) is 0 Å². The molecule has 4 aromatic rings. The first-order valence-corrected chi connectivity index (χ1v) is 12.0. The topological polar surface area (TPSA) is 40.1 Å². The minimum absolute atomic E-state index is 0.0589.